The van der Waals surface area contributed by atoms with Crippen molar-refractivity contribution in [1.82, 2.24) is 0 Å². The predicted octanol–water partition coefficient (Wildman–Crippen LogP) is 2.48. The van der Waals surface area contributed by atoms with E-state index in [1.165, 1.54) is 11.0 Å². The van der Waals surface area contributed by atoms with E-state index in [1.807, 2.05) is 24.9 Å². The highest BCUT2D eigenvalue weighted by molar-refractivity contribution is 7.99. The molecular weight excluding hydrogens is 223 g/mol. The topological polar surface area (TPSA) is 29.3 Å². The number of halogens is 1. The molecule has 0 aromatic heterocycles. The molecule has 16 heavy (non-hydrogen) atoms. The quantitative estimate of drug-likeness (QED) is 0.880. The van der Waals surface area contributed by atoms with Crippen LogP contribution >= 0.6 is 11.8 Å². The van der Waals surface area contributed by atoms with Crippen molar-refractivity contribution >= 4 is 17.4 Å². The van der Waals surface area contributed by atoms with Crippen LogP contribution in [0.2, 0.25) is 0 Å². The van der Waals surface area contributed by atoms with E-state index >= 15 is 0 Å². The minimum Gasteiger partial charge on any atom is -0.370 e. The predicted molar refractivity (Wildman–Crippen MR) is 67.6 cm³/mol. The number of hydrogen-bond acceptors (Lipinski definition) is 3. The normalized spacial score (nSPS) is 19.7. The van der Waals surface area contributed by atoms with Gasteiger partial charge in [0, 0.05) is 23.7 Å². The summed E-state index contributed by atoms with van der Waals surface area (Å²) in [4.78, 5) is 3.36. The van der Waals surface area contributed by atoms with Crippen LogP contribution in [0, 0.1) is 5.82 Å². The van der Waals surface area contributed by atoms with E-state index in [2.05, 4.69) is 4.90 Å². The van der Waals surface area contributed by atoms with Crippen LogP contribution in [0.1, 0.15) is 12.8 Å². The Morgan fingerprint density at radius 2 is 2.38 bits per heavy atom. The van der Waals surface area contributed by atoms with Gasteiger partial charge in [-0.1, -0.05) is 0 Å². The molecule has 0 bridgehead atoms. The van der Waals surface area contributed by atoms with E-state index in [4.69, 9.17) is 5.73 Å². The van der Waals surface area contributed by atoms with Gasteiger partial charge in [0.15, 0.2) is 0 Å². The molecule has 0 aliphatic carbocycles. The van der Waals surface area contributed by atoms with Gasteiger partial charge in [-0.15, -0.1) is 11.8 Å². The molecule has 1 atom stereocenters. The molecule has 1 aromatic rings. The third-order valence-electron chi connectivity index (χ3n) is 3.02. The standard InChI is InChI=1S/C12H17FN2S/c1-15-10(3-2-6-14)8-16-12-5-4-9(13)7-11(12)15/h4-5,7,10H,2-3,6,8,14H2,1H3. The van der Waals surface area contributed by atoms with Gasteiger partial charge in [-0.3, -0.25) is 0 Å². The van der Waals surface area contributed by atoms with Crippen LogP contribution in [-0.2, 0) is 0 Å². The van der Waals surface area contributed by atoms with Crippen molar-refractivity contribution in [2.24, 2.45) is 5.73 Å². The summed E-state index contributed by atoms with van der Waals surface area (Å²) in [5.74, 6) is 0.903. The van der Waals surface area contributed by atoms with Crippen molar-refractivity contribution in [3.05, 3.63) is 24.0 Å². The molecule has 1 unspecified atom stereocenters. The van der Waals surface area contributed by atoms with Gasteiger partial charge in [0.05, 0.1) is 5.69 Å². The first-order chi connectivity index (χ1) is 7.72. The van der Waals surface area contributed by atoms with Gasteiger partial charge in [-0.2, -0.15) is 0 Å². The first kappa shape index (κ1) is 11.7. The maximum absolute atomic E-state index is 13.2. The molecule has 1 aromatic carbocycles. The number of nitrogens with zero attached hydrogens (tertiary/aromatic N) is 1. The Balaban J connectivity index is 2.17. The molecule has 88 valence electrons. The molecule has 2 N–H and O–H groups in total. The van der Waals surface area contributed by atoms with E-state index in [-0.39, 0.29) is 5.82 Å². The Labute approximate surface area is 100 Å². The molecule has 2 nitrogen and oxygen atoms in total. The average Bonchev–Trinajstić information content (AvgIpc) is 2.29. The van der Waals surface area contributed by atoms with Gasteiger partial charge in [0.25, 0.3) is 0 Å². The lowest BCUT2D eigenvalue weighted by Gasteiger charge is -2.35. The summed E-state index contributed by atoms with van der Waals surface area (Å²) >= 11 is 1.81. The van der Waals surface area contributed by atoms with E-state index in [0.717, 1.165) is 30.8 Å². The Bertz CT molecular complexity index is 370. The van der Waals surface area contributed by atoms with Crippen molar-refractivity contribution in [2.45, 2.75) is 23.8 Å². The highest BCUT2D eigenvalue weighted by atomic mass is 32.2. The highest BCUT2D eigenvalue weighted by Gasteiger charge is 2.23. The fraction of sp³-hybridized carbons (Fsp3) is 0.500. The fourth-order valence-electron chi connectivity index (χ4n) is 2.01. The van der Waals surface area contributed by atoms with Gasteiger partial charge < -0.3 is 10.6 Å². The molecule has 0 saturated heterocycles. The number of rotatable bonds is 3. The Hall–Kier alpha value is -0.740. The first-order valence-electron chi connectivity index (χ1n) is 5.57. The number of nitrogens with two attached hydrogens (primary N) is 1. The SMILES string of the molecule is CN1c2cc(F)ccc2SCC1CCCN. The van der Waals surface area contributed by atoms with Crippen LogP contribution in [0.3, 0.4) is 0 Å². The van der Waals surface area contributed by atoms with Crippen molar-refractivity contribution in [3.63, 3.8) is 0 Å². The Kier molecular flexibility index (Phi) is 3.71. The second-order valence-corrected chi connectivity index (χ2v) is 5.18. The smallest absolute Gasteiger partial charge is 0.125 e. The summed E-state index contributed by atoms with van der Waals surface area (Å²) in [5.41, 5.74) is 6.54. The van der Waals surface area contributed by atoms with Crippen molar-refractivity contribution < 1.29 is 4.39 Å². The van der Waals surface area contributed by atoms with E-state index < -0.39 is 0 Å². The summed E-state index contributed by atoms with van der Waals surface area (Å²) < 4.78 is 13.2. The number of anilines is 1. The Morgan fingerprint density at radius 1 is 1.56 bits per heavy atom. The van der Waals surface area contributed by atoms with E-state index in [0.29, 0.717) is 6.04 Å². The molecule has 1 aliphatic rings. The van der Waals surface area contributed by atoms with Gasteiger partial charge in [0.2, 0.25) is 0 Å². The summed E-state index contributed by atoms with van der Waals surface area (Å²) in [6.07, 6.45) is 2.11. The van der Waals surface area contributed by atoms with Gasteiger partial charge in [-0.05, 0) is 37.6 Å². The molecule has 1 aliphatic heterocycles. The van der Waals surface area contributed by atoms with Crippen LogP contribution in [0.25, 0.3) is 0 Å². The molecule has 2 rings (SSSR count). The van der Waals surface area contributed by atoms with Crippen LogP contribution in [0.15, 0.2) is 23.1 Å². The maximum atomic E-state index is 13.2. The van der Waals surface area contributed by atoms with Gasteiger partial charge in [0.1, 0.15) is 5.82 Å². The van der Waals surface area contributed by atoms with Crippen molar-refractivity contribution in [2.75, 3.05) is 24.2 Å². The molecule has 1 heterocycles. The van der Waals surface area contributed by atoms with E-state index in [9.17, 15) is 4.39 Å². The van der Waals surface area contributed by atoms with Crippen LogP contribution in [-0.4, -0.2) is 25.4 Å². The summed E-state index contributed by atoms with van der Waals surface area (Å²) in [6, 6.07) is 5.49. The van der Waals surface area contributed by atoms with Crippen molar-refractivity contribution in [3.8, 4) is 0 Å². The lowest BCUT2D eigenvalue weighted by molar-refractivity contribution is 0.591. The second kappa shape index (κ2) is 5.06. The highest BCUT2D eigenvalue weighted by Crippen LogP contribution is 2.37. The summed E-state index contributed by atoms with van der Waals surface area (Å²) in [6.45, 7) is 0.727. The summed E-state index contributed by atoms with van der Waals surface area (Å²) in [7, 11) is 2.04. The lowest BCUT2D eigenvalue weighted by atomic mass is 10.1. The number of hydrogen-bond donors (Lipinski definition) is 1. The maximum Gasteiger partial charge on any atom is 0.125 e. The van der Waals surface area contributed by atoms with Crippen LogP contribution < -0.4 is 10.6 Å². The lowest BCUT2D eigenvalue weighted by Crippen LogP contribution is -2.37. The number of thioether (sulfide) groups is 1. The first-order valence-corrected chi connectivity index (χ1v) is 6.56. The van der Waals surface area contributed by atoms with Gasteiger partial charge in [-0.25, -0.2) is 4.39 Å². The van der Waals surface area contributed by atoms with Crippen LogP contribution in [0.5, 0.6) is 0 Å². The number of fused-ring (bicyclic) bond motifs is 1. The van der Waals surface area contributed by atoms with Crippen molar-refractivity contribution in [1.29, 1.82) is 0 Å². The largest absolute Gasteiger partial charge is 0.370 e. The second-order valence-electron chi connectivity index (χ2n) is 4.12. The monoisotopic (exact) mass is 240 g/mol. The average molecular weight is 240 g/mol. The third kappa shape index (κ3) is 2.33. The molecule has 0 fully saturated rings. The fourth-order valence-corrected chi connectivity index (χ4v) is 3.29. The number of benzene rings is 1. The zero-order chi connectivity index (χ0) is 11.5. The Morgan fingerprint density at radius 3 is 3.12 bits per heavy atom. The molecular formula is C12H17FN2S. The zero-order valence-electron chi connectivity index (χ0n) is 9.45. The third-order valence-corrected chi connectivity index (χ3v) is 4.23. The van der Waals surface area contributed by atoms with Crippen LogP contribution in [0.4, 0.5) is 10.1 Å². The summed E-state index contributed by atoms with van der Waals surface area (Å²) in [5, 5.41) is 0. The molecule has 4 heteroatoms. The zero-order valence-corrected chi connectivity index (χ0v) is 10.3. The van der Waals surface area contributed by atoms with Gasteiger partial charge >= 0.3 is 0 Å². The minimum atomic E-state index is -0.161. The molecule has 0 saturated carbocycles. The molecule has 0 amide bonds. The van der Waals surface area contributed by atoms with E-state index in [1.54, 1.807) is 6.07 Å². The molecule has 0 radical (unpaired) electrons. The molecule has 0 spiro atoms. The minimum absolute atomic E-state index is 0.161.